The molecule has 2 aromatic rings. The van der Waals surface area contributed by atoms with Crippen molar-refractivity contribution in [3.8, 4) is 11.5 Å². The number of aryl methyl sites for hydroxylation is 1. The summed E-state index contributed by atoms with van der Waals surface area (Å²) >= 11 is 0. The molecule has 2 aliphatic rings. The third-order valence-corrected chi connectivity index (χ3v) is 4.41. The fraction of sp³-hybridized carbons (Fsp3) is 0.533. The molecule has 0 bridgehead atoms. The first-order valence-corrected chi connectivity index (χ1v) is 7.47. The van der Waals surface area contributed by atoms with Crippen LogP contribution >= 0.6 is 0 Å². The highest BCUT2D eigenvalue weighted by Crippen LogP contribution is 2.31. The van der Waals surface area contributed by atoms with Crippen LogP contribution < -0.4 is 5.32 Å². The number of aromatic nitrogens is 4. The van der Waals surface area contributed by atoms with Gasteiger partial charge in [-0.15, -0.1) is 0 Å². The van der Waals surface area contributed by atoms with Gasteiger partial charge >= 0.3 is 0 Å². The fourth-order valence-corrected chi connectivity index (χ4v) is 3.30. The van der Waals surface area contributed by atoms with Crippen molar-refractivity contribution in [1.82, 2.24) is 25.5 Å². The van der Waals surface area contributed by atoms with Gasteiger partial charge in [-0.2, -0.15) is 5.10 Å². The molecule has 0 saturated heterocycles. The number of carbonyl (C=O) groups excluding carboxylic acids is 1. The third kappa shape index (κ3) is 1.97. The van der Waals surface area contributed by atoms with E-state index in [2.05, 4.69) is 39.3 Å². The molecule has 1 amide bonds. The summed E-state index contributed by atoms with van der Waals surface area (Å²) in [5.74, 6) is 0.623. The quantitative estimate of drug-likeness (QED) is 0.744. The average Bonchev–Trinajstić information content (AvgIpc) is 3.08. The van der Waals surface area contributed by atoms with Crippen LogP contribution in [0.2, 0.25) is 0 Å². The topological polar surface area (TPSA) is 86.5 Å². The Morgan fingerprint density at radius 1 is 1.14 bits per heavy atom. The zero-order chi connectivity index (χ0) is 14.6. The number of imidazole rings is 1. The van der Waals surface area contributed by atoms with Crippen molar-refractivity contribution in [3.05, 3.63) is 22.6 Å². The summed E-state index contributed by atoms with van der Waals surface area (Å²) in [6.45, 7) is 4.97. The van der Waals surface area contributed by atoms with E-state index in [1.807, 2.05) is 0 Å². The number of nitrogens with zero attached hydrogens (tertiary/aromatic N) is 2. The molecule has 6 heteroatoms. The monoisotopic (exact) mass is 285 g/mol. The Labute approximate surface area is 122 Å². The van der Waals surface area contributed by atoms with Crippen LogP contribution in [0, 0.1) is 5.41 Å². The molecule has 6 nitrogen and oxygen atoms in total. The van der Waals surface area contributed by atoms with Crippen LogP contribution in [0.25, 0.3) is 11.5 Å². The molecule has 0 saturated carbocycles. The summed E-state index contributed by atoms with van der Waals surface area (Å²) in [5.41, 5.74) is 4.80. The summed E-state index contributed by atoms with van der Waals surface area (Å²) in [6, 6.07) is 0. The molecule has 0 radical (unpaired) electrons. The van der Waals surface area contributed by atoms with Crippen LogP contribution in [-0.2, 0) is 19.3 Å². The van der Waals surface area contributed by atoms with Gasteiger partial charge in [-0.3, -0.25) is 9.89 Å². The maximum Gasteiger partial charge on any atom is 0.271 e. The maximum atomic E-state index is 12.2. The minimum Gasteiger partial charge on any atom is -0.350 e. The van der Waals surface area contributed by atoms with Gasteiger partial charge in [-0.05, 0) is 31.1 Å². The van der Waals surface area contributed by atoms with Crippen molar-refractivity contribution in [3.63, 3.8) is 0 Å². The van der Waals surface area contributed by atoms with Gasteiger partial charge in [-0.25, -0.2) is 4.98 Å². The first-order chi connectivity index (χ1) is 10.0. The van der Waals surface area contributed by atoms with E-state index in [-0.39, 0.29) is 11.3 Å². The van der Waals surface area contributed by atoms with Crippen LogP contribution in [-0.4, -0.2) is 32.6 Å². The lowest BCUT2D eigenvalue weighted by Gasteiger charge is -2.21. The highest BCUT2D eigenvalue weighted by molar-refractivity contribution is 5.94. The van der Waals surface area contributed by atoms with Crippen molar-refractivity contribution in [2.75, 3.05) is 6.54 Å². The SMILES string of the molecule is CC1(C)CNC(=O)c2nc(-c3n[nH]c4c3CCC4)[nH]c2C1. The van der Waals surface area contributed by atoms with E-state index in [9.17, 15) is 4.79 Å². The molecule has 1 aliphatic heterocycles. The van der Waals surface area contributed by atoms with Crippen molar-refractivity contribution >= 4 is 5.91 Å². The lowest BCUT2D eigenvalue weighted by Crippen LogP contribution is -2.32. The largest absolute Gasteiger partial charge is 0.350 e. The zero-order valence-electron chi connectivity index (χ0n) is 12.3. The van der Waals surface area contributed by atoms with Crippen LogP contribution in [0.3, 0.4) is 0 Å². The average molecular weight is 285 g/mol. The molecule has 21 heavy (non-hydrogen) atoms. The third-order valence-electron chi connectivity index (χ3n) is 4.41. The molecule has 110 valence electrons. The van der Waals surface area contributed by atoms with Crippen molar-refractivity contribution in [2.45, 2.75) is 39.5 Å². The fourth-order valence-electron chi connectivity index (χ4n) is 3.30. The standard InChI is InChI=1S/C15H19N5O/c1-15(2)6-10-12(14(21)16-7-15)18-13(17-10)11-8-4-3-5-9(8)19-20-11/h3-7H2,1-2H3,(H,16,21)(H,17,18)(H,19,20). The van der Waals surface area contributed by atoms with Crippen LogP contribution in [0.4, 0.5) is 0 Å². The molecule has 4 rings (SSSR count). The second kappa shape index (κ2) is 4.19. The Kier molecular flexibility index (Phi) is 2.52. The Morgan fingerprint density at radius 2 is 2.00 bits per heavy atom. The van der Waals surface area contributed by atoms with Crippen molar-refractivity contribution in [1.29, 1.82) is 0 Å². The van der Waals surface area contributed by atoms with Gasteiger partial charge in [0.1, 0.15) is 11.4 Å². The lowest BCUT2D eigenvalue weighted by molar-refractivity contribution is 0.0940. The first-order valence-electron chi connectivity index (χ1n) is 7.47. The molecule has 3 N–H and O–H groups in total. The molecular weight excluding hydrogens is 266 g/mol. The van der Waals surface area contributed by atoms with Crippen LogP contribution in [0.5, 0.6) is 0 Å². The molecule has 0 aromatic carbocycles. The number of hydrogen-bond donors (Lipinski definition) is 3. The van der Waals surface area contributed by atoms with E-state index < -0.39 is 0 Å². The number of nitrogens with one attached hydrogen (secondary N) is 3. The van der Waals surface area contributed by atoms with E-state index in [1.54, 1.807) is 0 Å². The Bertz CT molecular complexity index is 724. The predicted molar refractivity (Wildman–Crippen MR) is 78.0 cm³/mol. The zero-order valence-corrected chi connectivity index (χ0v) is 12.3. The number of hydrogen-bond acceptors (Lipinski definition) is 3. The number of carbonyl (C=O) groups is 1. The van der Waals surface area contributed by atoms with Crippen molar-refractivity contribution in [2.24, 2.45) is 5.41 Å². The summed E-state index contributed by atoms with van der Waals surface area (Å²) in [5, 5.41) is 10.4. The Hall–Kier alpha value is -2.11. The molecule has 0 atom stereocenters. The number of H-pyrrole nitrogens is 2. The lowest BCUT2D eigenvalue weighted by atomic mass is 9.88. The van der Waals surface area contributed by atoms with Crippen LogP contribution in [0.15, 0.2) is 0 Å². The van der Waals surface area contributed by atoms with Gasteiger partial charge in [0.15, 0.2) is 5.82 Å². The second-order valence-corrected chi connectivity index (χ2v) is 6.82. The van der Waals surface area contributed by atoms with E-state index in [0.717, 1.165) is 37.1 Å². The van der Waals surface area contributed by atoms with Gasteiger partial charge in [-0.1, -0.05) is 13.8 Å². The summed E-state index contributed by atoms with van der Waals surface area (Å²) < 4.78 is 0. The number of aromatic amines is 2. The maximum absolute atomic E-state index is 12.2. The van der Waals surface area contributed by atoms with E-state index in [1.165, 1.54) is 11.3 Å². The number of rotatable bonds is 1. The predicted octanol–water partition coefficient (Wildman–Crippen LogP) is 1.60. The smallest absolute Gasteiger partial charge is 0.271 e. The Morgan fingerprint density at radius 3 is 2.86 bits per heavy atom. The summed E-state index contributed by atoms with van der Waals surface area (Å²) in [7, 11) is 0. The molecule has 1 aliphatic carbocycles. The minimum atomic E-state index is -0.0924. The van der Waals surface area contributed by atoms with Crippen molar-refractivity contribution < 1.29 is 4.79 Å². The molecule has 3 heterocycles. The van der Waals surface area contributed by atoms with Gasteiger partial charge < -0.3 is 10.3 Å². The molecule has 0 fully saturated rings. The summed E-state index contributed by atoms with van der Waals surface area (Å²) in [6.07, 6.45) is 4.05. The highest BCUT2D eigenvalue weighted by Gasteiger charge is 2.31. The van der Waals surface area contributed by atoms with Gasteiger partial charge in [0.25, 0.3) is 5.91 Å². The van der Waals surface area contributed by atoms with E-state index in [0.29, 0.717) is 18.1 Å². The van der Waals surface area contributed by atoms with Crippen LogP contribution in [0.1, 0.15) is 47.7 Å². The summed E-state index contributed by atoms with van der Waals surface area (Å²) in [4.78, 5) is 20.1. The number of fused-ring (bicyclic) bond motifs is 2. The second-order valence-electron chi connectivity index (χ2n) is 6.82. The molecular formula is C15H19N5O. The number of amides is 1. The van der Waals surface area contributed by atoms with E-state index >= 15 is 0 Å². The van der Waals surface area contributed by atoms with Gasteiger partial charge in [0.05, 0.1) is 0 Å². The first kappa shape index (κ1) is 12.6. The van der Waals surface area contributed by atoms with Gasteiger partial charge in [0, 0.05) is 23.5 Å². The van der Waals surface area contributed by atoms with Gasteiger partial charge in [0.2, 0.25) is 0 Å². The highest BCUT2D eigenvalue weighted by atomic mass is 16.1. The van der Waals surface area contributed by atoms with E-state index in [4.69, 9.17) is 0 Å². The minimum absolute atomic E-state index is 0.0260. The molecule has 0 unspecified atom stereocenters. The molecule has 2 aromatic heterocycles. The normalized spacial score (nSPS) is 19.8. The Balaban J connectivity index is 1.79. The molecule has 0 spiro atoms.